The van der Waals surface area contributed by atoms with Crippen LogP contribution < -0.4 is 5.32 Å². The molecule has 3 unspecified atom stereocenters. The van der Waals surface area contributed by atoms with Gasteiger partial charge in [-0.1, -0.05) is 58.0 Å². The van der Waals surface area contributed by atoms with E-state index in [1.54, 1.807) is 0 Å². The van der Waals surface area contributed by atoms with Crippen LogP contribution in [0, 0.1) is 11.8 Å². The van der Waals surface area contributed by atoms with E-state index in [0.29, 0.717) is 24.0 Å². The molecule has 0 aromatic heterocycles. The van der Waals surface area contributed by atoms with Crippen LogP contribution in [0.15, 0.2) is 30.3 Å². The minimum atomic E-state index is 0.179. The Morgan fingerprint density at radius 1 is 1.16 bits per heavy atom. The lowest BCUT2D eigenvalue weighted by molar-refractivity contribution is -0.0815. The average molecular weight is 261 g/mol. The number of morpholine rings is 1. The first-order chi connectivity index (χ1) is 9.08. The van der Waals surface area contributed by atoms with Crippen molar-refractivity contribution in [3.8, 4) is 0 Å². The topological polar surface area (TPSA) is 21.3 Å². The molecule has 0 amide bonds. The van der Waals surface area contributed by atoms with Crippen molar-refractivity contribution in [2.45, 2.75) is 52.4 Å². The summed E-state index contributed by atoms with van der Waals surface area (Å²) in [5.74, 6) is 1.25. The third kappa shape index (κ3) is 3.80. The smallest absolute Gasteiger partial charge is 0.0984 e. The van der Waals surface area contributed by atoms with Crippen LogP contribution in [0.4, 0.5) is 0 Å². The molecule has 1 N–H and O–H groups in total. The summed E-state index contributed by atoms with van der Waals surface area (Å²) in [6.45, 7) is 10.0. The number of hydrogen-bond donors (Lipinski definition) is 1. The number of rotatable bonds is 4. The van der Waals surface area contributed by atoms with Crippen LogP contribution >= 0.6 is 0 Å². The summed E-state index contributed by atoms with van der Waals surface area (Å²) in [7, 11) is 0. The van der Waals surface area contributed by atoms with Gasteiger partial charge in [0.25, 0.3) is 0 Å². The molecule has 0 spiro atoms. The van der Waals surface area contributed by atoms with Crippen LogP contribution in [0.25, 0.3) is 0 Å². The van der Waals surface area contributed by atoms with E-state index >= 15 is 0 Å². The van der Waals surface area contributed by atoms with Crippen molar-refractivity contribution in [2.75, 3.05) is 6.54 Å². The average Bonchev–Trinajstić information content (AvgIpc) is 2.38. The Morgan fingerprint density at radius 3 is 2.42 bits per heavy atom. The minimum absolute atomic E-state index is 0.179. The van der Waals surface area contributed by atoms with Gasteiger partial charge in [0.05, 0.1) is 12.2 Å². The summed E-state index contributed by atoms with van der Waals surface area (Å²) >= 11 is 0. The molecule has 2 rings (SSSR count). The Kier molecular flexibility index (Phi) is 5.00. The Morgan fingerprint density at radius 2 is 1.84 bits per heavy atom. The van der Waals surface area contributed by atoms with Gasteiger partial charge >= 0.3 is 0 Å². The third-order valence-corrected chi connectivity index (χ3v) is 3.83. The highest BCUT2D eigenvalue weighted by atomic mass is 16.5. The molecule has 19 heavy (non-hydrogen) atoms. The van der Waals surface area contributed by atoms with Gasteiger partial charge in [0.1, 0.15) is 0 Å². The molecule has 2 nitrogen and oxygen atoms in total. The van der Waals surface area contributed by atoms with E-state index in [0.717, 1.165) is 13.0 Å². The summed E-state index contributed by atoms with van der Waals surface area (Å²) in [5.41, 5.74) is 1.29. The van der Waals surface area contributed by atoms with E-state index in [2.05, 4.69) is 63.3 Å². The maximum absolute atomic E-state index is 6.39. The predicted molar refractivity (Wildman–Crippen MR) is 80.1 cm³/mol. The number of benzene rings is 1. The highest BCUT2D eigenvalue weighted by Gasteiger charge is 2.33. The molecule has 0 bridgehead atoms. The Balaban J connectivity index is 2.13. The number of hydrogen-bond acceptors (Lipinski definition) is 2. The zero-order valence-electron chi connectivity index (χ0n) is 12.6. The van der Waals surface area contributed by atoms with E-state index in [1.165, 1.54) is 5.56 Å². The van der Waals surface area contributed by atoms with E-state index in [4.69, 9.17) is 4.74 Å². The Labute approximate surface area is 117 Å². The van der Waals surface area contributed by atoms with Gasteiger partial charge in [0, 0.05) is 12.6 Å². The van der Waals surface area contributed by atoms with E-state index in [-0.39, 0.29) is 6.10 Å². The molecular weight excluding hydrogens is 234 g/mol. The molecule has 2 heteroatoms. The SMILES string of the molecule is CC(C)CC1CNC(C(C)C)C(c2ccccc2)O1. The van der Waals surface area contributed by atoms with Crippen LogP contribution in [-0.2, 0) is 4.74 Å². The molecule has 1 aliphatic heterocycles. The summed E-state index contributed by atoms with van der Waals surface area (Å²) < 4.78 is 6.39. The third-order valence-electron chi connectivity index (χ3n) is 3.83. The van der Waals surface area contributed by atoms with E-state index in [1.807, 2.05) is 0 Å². The molecule has 0 aliphatic carbocycles. The van der Waals surface area contributed by atoms with Crippen molar-refractivity contribution in [3.05, 3.63) is 35.9 Å². The van der Waals surface area contributed by atoms with Crippen molar-refractivity contribution < 1.29 is 4.74 Å². The van der Waals surface area contributed by atoms with Gasteiger partial charge < -0.3 is 10.1 Å². The fourth-order valence-electron chi connectivity index (χ4n) is 2.89. The van der Waals surface area contributed by atoms with Gasteiger partial charge in [-0.2, -0.15) is 0 Å². The quantitative estimate of drug-likeness (QED) is 0.890. The lowest BCUT2D eigenvalue weighted by Gasteiger charge is -2.40. The van der Waals surface area contributed by atoms with Crippen molar-refractivity contribution in [3.63, 3.8) is 0 Å². The molecule has 106 valence electrons. The Hall–Kier alpha value is -0.860. The molecule has 0 radical (unpaired) electrons. The summed E-state index contributed by atoms with van der Waals surface area (Å²) in [6.07, 6.45) is 1.64. The summed E-state index contributed by atoms with van der Waals surface area (Å²) in [5, 5.41) is 3.70. The molecular formula is C17H27NO. The van der Waals surface area contributed by atoms with Crippen molar-refractivity contribution in [1.82, 2.24) is 5.32 Å². The lowest BCUT2D eigenvalue weighted by atomic mass is 9.90. The molecule has 1 aromatic rings. The molecule has 1 fully saturated rings. The highest BCUT2D eigenvalue weighted by Crippen LogP contribution is 2.31. The first-order valence-corrected chi connectivity index (χ1v) is 7.51. The summed E-state index contributed by atoms with van der Waals surface area (Å²) in [6, 6.07) is 11.0. The van der Waals surface area contributed by atoms with E-state index < -0.39 is 0 Å². The zero-order valence-corrected chi connectivity index (χ0v) is 12.6. The van der Waals surface area contributed by atoms with Gasteiger partial charge in [-0.05, 0) is 23.8 Å². The standard InChI is InChI=1S/C17H27NO/c1-12(2)10-15-11-18-16(13(3)4)17(19-15)14-8-6-5-7-9-14/h5-9,12-13,15-18H,10-11H2,1-4H3. The van der Waals surface area contributed by atoms with Crippen LogP contribution in [-0.4, -0.2) is 18.7 Å². The van der Waals surface area contributed by atoms with Gasteiger partial charge in [-0.3, -0.25) is 0 Å². The molecule has 1 aromatic carbocycles. The van der Waals surface area contributed by atoms with Crippen molar-refractivity contribution >= 4 is 0 Å². The van der Waals surface area contributed by atoms with Gasteiger partial charge in [-0.15, -0.1) is 0 Å². The predicted octanol–water partition coefficient (Wildman–Crippen LogP) is 3.79. The molecule has 3 atom stereocenters. The largest absolute Gasteiger partial charge is 0.367 e. The van der Waals surface area contributed by atoms with Crippen LogP contribution in [0.2, 0.25) is 0 Å². The molecule has 1 heterocycles. The van der Waals surface area contributed by atoms with Gasteiger partial charge in [0.15, 0.2) is 0 Å². The Bertz CT molecular complexity index is 374. The zero-order chi connectivity index (χ0) is 13.8. The van der Waals surface area contributed by atoms with Gasteiger partial charge in [-0.25, -0.2) is 0 Å². The monoisotopic (exact) mass is 261 g/mol. The highest BCUT2D eigenvalue weighted by molar-refractivity contribution is 5.20. The number of nitrogens with one attached hydrogen (secondary N) is 1. The van der Waals surface area contributed by atoms with Gasteiger partial charge in [0.2, 0.25) is 0 Å². The number of ether oxygens (including phenoxy) is 1. The fourth-order valence-corrected chi connectivity index (χ4v) is 2.89. The normalized spacial score (nSPS) is 28.0. The lowest BCUT2D eigenvalue weighted by Crippen LogP contribution is -2.50. The van der Waals surface area contributed by atoms with Crippen LogP contribution in [0.3, 0.4) is 0 Å². The summed E-state index contributed by atoms with van der Waals surface area (Å²) in [4.78, 5) is 0. The van der Waals surface area contributed by atoms with Crippen molar-refractivity contribution in [2.24, 2.45) is 11.8 Å². The van der Waals surface area contributed by atoms with Crippen LogP contribution in [0.5, 0.6) is 0 Å². The first kappa shape index (κ1) is 14.5. The minimum Gasteiger partial charge on any atom is -0.367 e. The fraction of sp³-hybridized carbons (Fsp3) is 0.647. The maximum atomic E-state index is 6.39. The second-order valence-corrected chi connectivity index (χ2v) is 6.40. The van der Waals surface area contributed by atoms with Crippen LogP contribution in [0.1, 0.15) is 45.8 Å². The van der Waals surface area contributed by atoms with Crippen molar-refractivity contribution in [1.29, 1.82) is 0 Å². The second-order valence-electron chi connectivity index (χ2n) is 6.40. The molecule has 1 aliphatic rings. The second kappa shape index (κ2) is 6.53. The first-order valence-electron chi connectivity index (χ1n) is 7.51. The maximum Gasteiger partial charge on any atom is 0.0984 e. The molecule has 0 saturated carbocycles. The molecule has 1 saturated heterocycles. The van der Waals surface area contributed by atoms with E-state index in [9.17, 15) is 0 Å².